The topological polar surface area (TPSA) is 82.7 Å². The molecule has 1 aromatic carbocycles. The van der Waals surface area contributed by atoms with Gasteiger partial charge in [0.1, 0.15) is 0 Å². The van der Waals surface area contributed by atoms with E-state index in [2.05, 4.69) is 15.7 Å². The van der Waals surface area contributed by atoms with E-state index in [1.54, 1.807) is 10.7 Å². The van der Waals surface area contributed by atoms with Gasteiger partial charge in [-0.1, -0.05) is 18.2 Å². The van der Waals surface area contributed by atoms with Crippen molar-refractivity contribution < 1.29 is 4.79 Å². The summed E-state index contributed by atoms with van der Waals surface area (Å²) >= 11 is 0. The highest BCUT2D eigenvalue weighted by Gasteiger charge is 2.30. The maximum Gasteiger partial charge on any atom is 0.228 e. The Morgan fingerprint density at radius 2 is 2.09 bits per heavy atom. The minimum Gasteiger partial charge on any atom is -0.321 e. The summed E-state index contributed by atoms with van der Waals surface area (Å²) in [5.41, 5.74) is 0.946. The zero-order chi connectivity index (χ0) is 15.4. The monoisotopic (exact) mass is 295 g/mol. The summed E-state index contributed by atoms with van der Waals surface area (Å²) in [4.78, 5) is 12.2. The Morgan fingerprint density at radius 3 is 2.86 bits per heavy atom. The summed E-state index contributed by atoms with van der Waals surface area (Å²) in [5, 5.41) is 18.6. The van der Waals surface area contributed by atoms with Gasteiger partial charge in [0.25, 0.3) is 0 Å². The molecule has 2 aromatic rings. The van der Waals surface area contributed by atoms with Gasteiger partial charge in [-0.3, -0.25) is 4.79 Å². The second-order valence-corrected chi connectivity index (χ2v) is 5.43. The molecule has 1 saturated carbocycles. The zero-order valence-electron chi connectivity index (χ0n) is 12.1. The number of nitriles is 1. The van der Waals surface area contributed by atoms with Crippen molar-refractivity contribution in [2.45, 2.75) is 25.3 Å². The number of hydrogen-bond donors (Lipinski definition) is 2. The van der Waals surface area contributed by atoms with Crippen LogP contribution < -0.4 is 10.6 Å². The Balaban J connectivity index is 1.61. The van der Waals surface area contributed by atoms with Crippen LogP contribution in [0.2, 0.25) is 0 Å². The van der Waals surface area contributed by atoms with E-state index < -0.39 is 0 Å². The molecule has 0 radical (unpaired) electrons. The Hall–Kier alpha value is -2.81. The minimum absolute atomic E-state index is 0.0273. The third-order valence-corrected chi connectivity index (χ3v) is 3.93. The van der Waals surface area contributed by atoms with E-state index in [0.29, 0.717) is 12.2 Å². The molecule has 1 aromatic heterocycles. The molecule has 112 valence electrons. The van der Waals surface area contributed by atoms with Gasteiger partial charge in [-0.05, 0) is 31.4 Å². The van der Waals surface area contributed by atoms with Crippen LogP contribution in [0.3, 0.4) is 0 Å². The highest BCUT2D eigenvalue weighted by atomic mass is 16.2. The molecular weight excluding hydrogens is 278 g/mol. The third kappa shape index (κ3) is 3.09. The molecule has 0 aliphatic heterocycles. The number of benzene rings is 1. The average Bonchev–Trinajstić information content (AvgIpc) is 3.18. The number of carbonyl (C=O) groups excluding carboxylic acids is 1. The van der Waals surface area contributed by atoms with Crippen LogP contribution in [-0.4, -0.2) is 21.7 Å². The Kier molecular flexibility index (Phi) is 4.05. The first-order valence-corrected chi connectivity index (χ1v) is 7.33. The van der Waals surface area contributed by atoms with E-state index in [1.807, 2.05) is 42.7 Å². The molecule has 0 spiro atoms. The van der Waals surface area contributed by atoms with Crippen LogP contribution in [0.1, 0.15) is 19.3 Å². The molecule has 2 N–H and O–H groups in total. The van der Waals surface area contributed by atoms with Gasteiger partial charge < -0.3 is 10.6 Å². The molecule has 3 rings (SSSR count). The number of anilines is 1. The van der Waals surface area contributed by atoms with Gasteiger partial charge in [-0.15, -0.1) is 0 Å². The Bertz CT molecular complexity index is 688. The highest BCUT2D eigenvalue weighted by Crippen LogP contribution is 2.26. The van der Waals surface area contributed by atoms with Gasteiger partial charge in [-0.2, -0.15) is 10.4 Å². The molecule has 6 nitrogen and oxygen atoms in total. The third-order valence-electron chi connectivity index (χ3n) is 3.93. The van der Waals surface area contributed by atoms with Crippen molar-refractivity contribution in [2.24, 2.45) is 5.92 Å². The van der Waals surface area contributed by atoms with Crippen molar-refractivity contribution in [3.8, 4) is 11.9 Å². The number of nitrogens with zero attached hydrogens (tertiary/aromatic N) is 3. The fourth-order valence-electron chi connectivity index (χ4n) is 2.79. The van der Waals surface area contributed by atoms with Crippen LogP contribution in [0.5, 0.6) is 0 Å². The first kappa shape index (κ1) is 14.1. The van der Waals surface area contributed by atoms with Gasteiger partial charge in [0.2, 0.25) is 5.91 Å². The summed E-state index contributed by atoms with van der Waals surface area (Å²) in [6, 6.07) is 11.6. The molecule has 0 unspecified atom stereocenters. The second kappa shape index (κ2) is 6.31. The molecule has 1 amide bonds. The molecule has 6 heteroatoms. The van der Waals surface area contributed by atoms with Crippen molar-refractivity contribution in [1.29, 1.82) is 5.26 Å². The summed E-state index contributed by atoms with van der Waals surface area (Å²) < 4.78 is 1.73. The fourth-order valence-corrected chi connectivity index (χ4v) is 2.79. The number of amides is 1. The first-order valence-electron chi connectivity index (χ1n) is 7.33. The van der Waals surface area contributed by atoms with Crippen molar-refractivity contribution in [2.75, 3.05) is 5.32 Å². The predicted molar refractivity (Wildman–Crippen MR) is 82.1 cm³/mol. The van der Waals surface area contributed by atoms with Crippen LogP contribution in [-0.2, 0) is 4.79 Å². The molecule has 1 heterocycles. The maximum atomic E-state index is 12.2. The first-order chi connectivity index (χ1) is 10.8. The van der Waals surface area contributed by atoms with Crippen molar-refractivity contribution >= 4 is 11.7 Å². The maximum absolute atomic E-state index is 12.2. The van der Waals surface area contributed by atoms with E-state index >= 15 is 0 Å². The number of aromatic nitrogens is 2. The summed E-state index contributed by atoms with van der Waals surface area (Å²) in [6.45, 7) is 0. The largest absolute Gasteiger partial charge is 0.321 e. The molecule has 1 fully saturated rings. The smallest absolute Gasteiger partial charge is 0.228 e. The van der Waals surface area contributed by atoms with Crippen molar-refractivity contribution in [3.63, 3.8) is 0 Å². The Labute approximate surface area is 128 Å². The molecule has 0 bridgehead atoms. The van der Waals surface area contributed by atoms with Crippen LogP contribution in [0, 0.1) is 17.4 Å². The number of hydrogen-bond acceptors (Lipinski definition) is 4. The molecule has 0 saturated heterocycles. The lowest BCUT2D eigenvalue weighted by Gasteiger charge is -2.09. The average molecular weight is 295 g/mol. The SMILES string of the molecule is N#CN[C@H]1CC[C@H](C(=O)Nc2ccn(-c3ccccc3)n2)C1. The van der Waals surface area contributed by atoms with E-state index in [9.17, 15) is 4.79 Å². The number of rotatable bonds is 4. The lowest BCUT2D eigenvalue weighted by Crippen LogP contribution is -2.25. The van der Waals surface area contributed by atoms with E-state index in [-0.39, 0.29) is 17.9 Å². The quantitative estimate of drug-likeness (QED) is 0.668. The van der Waals surface area contributed by atoms with Crippen molar-refractivity contribution in [3.05, 3.63) is 42.6 Å². The van der Waals surface area contributed by atoms with Gasteiger partial charge in [0.05, 0.1) is 5.69 Å². The van der Waals surface area contributed by atoms with Gasteiger partial charge in [0, 0.05) is 24.2 Å². The molecule has 1 aliphatic rings. The van der Waals surface area contributed by atoms with Gasteiger partial charge in [-0.25, -0.2) is 4.68 Å². The van der Waals surface area contributed by atoms with E-state index in [0.717, 1.165) is 18.5 Å². The van der Waals surface area contributed by atoms with Gasteiger partial charge in [0.15, 0.2) is 12.0 Å². The highest BCUT2D eigenvalue weighted by molar-refractivity contribution is 5.91. The lowest BCUT2D eigenvalue weighted by atomic mass is 10.1. The summed E-state index contributed by atoms with van der Waals surface area (Å²) in [5.74, 6) is 0.457. The number of para-hydroxylation sites is 1. The lowest BCUT2D eigenvalue weighted by molar-refractivity contribution is -0.119. The second-order valence-electron chi connectivity index (χ2n) is 5.43. The fraction of sp³-hybridized carbons (Fsp3) is 0.312. The predicted octanol–water partition coefficient (Wildman–Crippen LogP) is 2.05. The molecular formula is C16H17N5O. The zero-order valence-corrected chi connectivity index (χ0v) is 12.1. The molecule has 1 aliphatic carbocycles. The number of carbonyl (C=O) groups is 1. The summed E-state index contributed by atoms with van der Waals surface area (Å²) in [7, 11) is 0. The molecule has 2 atom stereocenters. The van der Waals surface area contributed by atoms with Crippen LogP contribution in [0.4, 0.5) is 5.82 Å². The standard InChI is InChI=1S/C16H17N5O/c17-11-18-13-7-6-12(10-13)16(22)19-15-8-9-21(20-15)14-4-2-1-3-5-14/h1-5,8-9,12-13,18H,6-7,10H2,(H,19,20,22)/t12-,13-/m0/s1. The van der Waals surface area contributed by atoms with E-state index in [4.69, 9.17) is 5.26 Å². The number of nitrogens with one attached hydrogen (secondary N) is 2. The van der Waals surface area contributed by atoms with E-state index in [1.165, 1.54) is 0 Å². The minimum atomic E-state index is -0.0623. The summed E-state index contributed by atoms with van der Waals surface area (Å²) in [6.07, 6.45) is 6.10. The Morgan fingerprint density at radius 1 is 1.27 bits per heavy atom. The van der Waals surface area contributed by atoms with Crippen LogP contribution >= 0.6 is 0 Å². The molecule has 22 heavy (non-hydrogen) atoms. The normalized spacial score (nSPS) is 20.3. The van der Waals surface area contributed by atoms with Crippen LogP contribution in [0.15, 0.2) is 42.6 Å². The van der Waals surface area contributed by atoms with Crippen molar-refractivity contribution in [1.82, 2.24) is 15.1 Å². The van der Waals surface area contributed by atoms with Crippen LogP contribution in [0.25, 0.3) is 5.69 Å². The van der Waals surface area contributed by atoms with Gasteiger partial charge >= 0.3 is 0 Å².